The Hall–Kier alpha value is -0.260. The summed E-state index contributed by atoms with van der Waals surface area (Å²) in [6.07, 6.45) is 2.65. The molecule has 3 N–H and O–H groups in total. The highest BCUT2D eigenvalue weighted by molar-refractivity contribution is 7.98. The number of hydroxylamine groups is 1. The van der Waals surface area contributed by atoms with E-state index in [0.29, 0.717) is 6.42 Å². The fourth-order valence-corrected chi connectivity index (χ4v) is 1.04. The van der Waals surface area contributed by atoms with Crippen LogP contribution in [0, 0.1) is 0 Å². The van der Waals surface area contributed by atoms with E-state index >= 15 is 0 Å². The summed E-state index contributed by atoms with van der Waals surface area (Å²) < 4.78 is 0. The topological polar surface area (TPSA) is 64.3 Å². The second kappa shape index (κ2) is 6.45. The van der Waals surface area contributed by atoms with Crippen molar-refractivity contribution in [2.24, 2.45) is 5.73 Å². The summed E-state index contributed by atoms with van der Waals surface area (Å²) >= 11 is 1.66. The van der Waals surface area contributed by atoms with E-state index in [2.05, 4.69) is 10.3 Å². The average molecular weight is 178 g/mol. The van der Waals surface area contributed by atoms with Crippen LogP contribution in [0.4, 0.5) is 0 Å². The van der Waals surface area contributed by atoms with Crippen LogP contribution in [0.5, 0.6) is 0 Å². The summed E-state index contributed by atoms with van der Waals surface area (Å²) in [5.74, 6) is 0.625. The summed E-state index contributed by atoms with van der Waals surface area (Å²) in [7, 11) is 1.39. The lowest BCUT2D eigenvalue weighted by Gasteiger charge is -2.08. The molecule has 0 heterocycles. The quantitative estimate of drug-likeness (QED) is 0.569. The van der Waals surface area contributed by atoms with Crippen LogP contribution in [0.1, 0.15) is 6.42 Å². The molecule has 0 fully saturated rings. The Balaban J connectivity index is 3.46. The molecule has 0 saturated heterocycles. The maximum absolute atomic E-state index is 10.9. The molecule has 11 heavy (non-hydrogen) atoms. The molecule has 66 valence electrons. The van der Waals surface area contributed by atoms with Crippen LogP contribution in [0.2, 0.25) is 0 Å². The number of hydrogen-bond acceptors (Lipinski definition) is 4. The first-order chi connectivity index (χ1) is 5.22. The van der Waals surface area contributed by atoms with Gasteiger partial charge in [-0.25, -0.2) is 5.48 Å². The normalized spacial score (nSPS) is 12.6. The van der Waals surface area contributed by atoms with Crippen LogP contribution >= 0.6 is 11.8 Å². The van der Waals surface area contributed by atoms with Gasteiger partial charge in [-0.05, 0) is 18.4 Å². The van der Waals surface area contributed by atoms with Gasteiger partial charge in [-0.1, -0.05) is 0 Å². The number of hydrogen-bond donors (Lipinski definition) is 2. The monoisotopic (exact) mass is 178 g/mol. The molecule has 0 radical (unpaired) electrons. The lowest BCUT2D eigenvalue weighted by molar-refractivity contribution is -0.132. The van der Waals surface area contributed by atoms with Gasteiger partial charge in [0.05, 0.1) is 13.2 Å². The maximum atomic E-state index is 10.9. The molecule has 5 heteroatoms. The first kappa shape index (κ1) is 10.7. The fourth-order valence-electron chi connectivity index (χ4n) is 0.552. The van der Waals surface area contributed by atoms with E-state index in [4.69, 9.17) is 5.73 Å². The number of carbonyl (C=O) groups excluding carboxylic acids is 1. The van der Waals surface area contributed by atoms with E-state index in [9.17, 15) is 4.79 Å². The molecule has 0 aliphatic carbocycles. The Kier molecular flexibility index (Phi) is 6.30. The van der Waals surface area contributed by atoms with Crippen LogP contribution in [0.25, 0.3) is 0 Å². The van der Waals surface area contributed by atoms with Crippen molar-refractivity contribution < 1.29 is 9.63 Å². The minimum Gasteiger partial charge on any atom is -0.320 e. The van der Waals surface area contributed by atoms with Crippen LogP contribution < -0.4 is 11.2 Å². The smallest absolute Gasteiger partial charge is 0.260 e. The van der Waals surface area contributed by atoms with E-state index in [1.165, 1.54) is 7.11 Å². The average Bonchev–Trinajstić information content (AvgIpc) is 2.00. The van der Waals surface area contributed by atoms with Crippen molar-refractivity contribution in [2.45, 2.75) is 12.5 Å². The summed E-state index contributed by atoms with van der Waals surface area (Å²) in [4.78, 5) is 15.3. The predicted molar refractivity (Wildman–Crippen MR) is 46.1 cm³/mol. The molecule has 0 unspecified atom stereocenters. The van der Waals surface area contributed by atoms with Crippen molar-refractivity contribution in [3.8, 4) is 0 Å². The zero-order valence-electron chi connectivity index (χ0n) is 6.79. The standard InChI is InChI=1S/C6H14N2O2S/c1-10-8-6(9)5(7)3-4-11-2/h5H,3-4,7H2,1-2H3,(H,8,9)/t5-/m1/s1. The minimum atomic E-state index is -0.456. The highest BCUT2D eigenvalue weighted by atomic mass is 32.2. The van der Waals surface area contributed by atoms with Gasteiger partial charge in [0, 0.05) is 0 Å². The molecule has 1 atom stereocenters. The van der Waals surface area contributed by atoms with E-state index in [1.54, 1.807) is 11.8 Å². The Morgan fingerprint density at radius 3 is 2.91 bits per heavy atom. The molecule has 0 bridgehead atoms. The van der Waals surface area contributed by atoms with E-state index in [-0.39, 0.29) is 5.91 Å². The van der Waals surface area contributed by atoms with Gasteiger partial charge in [0.25, 0.3) is 5.91 Å². The summed E-state index contributed by atoms with van der Waals surface area (Å²) in [5, 5.41) is 0. The second-order valence-corrected chi connectivity index (χ2v) is 3.04. The number of carbonyl (C=O) groups is 1. The van der Waals surface area contributed by atoms with Crippen LogP contribution in [0.15, 0.2) is 0 Å². The maximum Gasteiger partial charge on any atom is 0.260 e. The van der Waals surface area contributed by atoms with E-state index in [0.717, 1.165) is 5.75 Å². The van der Waals surface area contributed by atoms with Gasteiger partial charge >= 0.3 is 0 Å². The van der Waals surface area contributed by atoms with Gasteiger partial charge in [-0.15, -0.1) is 0 Å². The number of amides is 1. The lowest BCUT2D eigenvalue weighted by atomic mass is 10.2. The molecule has 0 aliphatic rings. The number of nitrogens with one attached hydrogen (secondary N) is 1. The third kappa shape index (κ3) is 5.06. The zero-order chi connectivity index (χ0) is 8.69. The van der Waals surface area contributed by atoms with Crippen LogP contribution in [-0.4, -0.2) is 31.1 Å². The van der Waals surface area contributed by atoms with Crippen molar-refractivity contribution in [1.82, 2.24) is 5.48 Å². The van der Waals surface area contributed by atoms with Gasteiger partial charge in [0.2, 0.25) is 0 Å². The number of nitrogens with two attached hydrogens (primary N) is 1. The molecule has 0 aromatic carbocycles. The Labute approximate surface area is 70.8 Å². The lowest BCUT2D eigenvalue weighted by Crippen LogP contribution is -2.40. The molecule has 0 spiro atoms. The SMILES string of the molecule is CONC(=O)[C@H](N)CCSC. The predicted octanol–water partition coefficient (Wildman–Crippen LogP) is -0.256. The first-order valence-electron chi connectivity index (χ1n) is 3.29. The highest BCUT2D eigenvalue weighted by Crippen LogP contribution is 1.98. The van der Waals surface area contributed by atoms with E-state index in [1.807, 2.05) is 6.26 Å². The number of thioether (sulfide) groups is 1. The molecule has 4 nitrogen and oxygen atoms in total. The van der Waals surface area contributed by atoms with E-state index < -0.39 is 6.04 Å². The first-order valence-corrected chi connectivity index (χ1v) is 4.69. The van der Waals surface area contributed by atoms with Gasteiger partial charge in [0.15, 0.2) is 0 Å². The number of rotatable bonds is 5. The van der Waals surface area contributed by atoms with Crippen molar-refractivity contribution in [3.63, 3.8) is 0 Å². The van der Waals surface area contributed by atoms with Crippen molar-refractivity contribution >= 4 is 17.7 Å². The third-order valence-electron chi connectivity index (χ3n) is 1.17. The molecule has 1 amide bonds. The van der Waals surface area contributed by atoms with Crippen molar-refractivity contribution in [2.75, 3.05) is 19.1 Å². The van der Waals surface area contributed by atoms with Crippen LogP contribution in [-0.2, 0) is 9.63 Å². The molecular weight excluding hydrogens is 164 g/mol. The Morgan fingerprint density at radius 1 is 1.82 bits per heavy atom. The third-order valence-corrected chi connectivity index (χ3v) is 1.82. The molecule has 0 aliphatic heterocycles. The van der Waals surface area contributed by atoms with Gasteiger partial charge in [-0.2, -0.15) is 11.8 Å². The molecule has 0 aromatic rings. The van der Waals surface area contributed by atoms with Gasteiger partial charge in [-0.3, -0.25) is 9.63 Å². The molecule has 0 aromatic heterocycles. The summed E-state index contributed by atoms with van der Waals surface area (Å²) in [6, 6.07) is -0.456. The molecular formula is C6H14N2O2S. The van der Waals surface area contributed by atoms with Gasteiger partial charge in [0.1, 0.15) is 0 Å². The minimum absolute atomic E-state index is 0.262. The van der Waals surface area contributed by atoms with Crippen LogP contribution in [0.3, 0.4) is 0 Å². The Morgan fingerprint density at radius 2 is 2.45 bits per heavy atom. The van der Waals surface area contributed by atoms with Crippen molar-refractivity contribution in [3.05, 3.63) is 0 Å². The second-order valence-electron chi connectivity index (χ2n) is 2.06. The van der Waals surface area contributed by atoms with Gasteiger partial charge < -0.3 is 5.73 Å². The largest absolute Gasteiger partial charge is 0.320 e. The summed E-state index contributed by atoms with van der Waals surface area (Å²) in [5.41, 5.74) is 7.66. The molecule has 0 saturated carbocycles. The molecule has 0 rings (SSSR count). The highest BCUT2D eigenvalue weighted by Gasteiger charge is 2.11. The Bertz CT molecular complexity index is 121. The summed E-state index contributed by atoms with van der Waals surface area (Å²) in [6.45, 7) is 0. The zero-order valence-corrected chi connectivity index (χ0v) is 7.61. The van der Waals surface area contributed by atoms with Crippen molar-refractivity contribution in [1.29, 1.82) is 0 Å². The fraction of sp³-hybridized carbons (Fsp3) is 0.833.